The number of methoxy groups -OCH3 is 1. The Bertz CT molecular complexity index is 502. The fraction of sp³-hybridized carbons (Fsp3) is 0.923. The summed E-state index contributed by atoms with van der Waals surface area (Å²) in [5, 5.41) is 3.27. The Kier molecular flexibility index (Phi) is 4.22. The zero-order chi connectivity index (χ0) is 15.0. The fourth-order valence-corrected chi connectivity index (χ4v) is 5.63. The number of nitrogens with zero attached hydrogens (tertiary/aromatic N) is 2. The SMILES string of the molecule is COC(=O)C1CCN(S(=O)(=O)N2CC[C@H]3CNC[C@H]32)CC1. The summed E-state index contributed by atoms with van der Waals surface area (Å²) >= 11 is 0. The molecule has 3 heterocycles. The molecule has 1 N–H and O–H groups in total. The van der Waals surface area contributed by atoms with Gasteiger partial charge in [0.15, 0.2) is 0 Å². The van der Waals surface area contributed by atoms with E-state index in [-0.39, 0.29) is 17.9 Å². The second kappa shape index (κ2) is 5.83. The van der Waals surface area contributed by atoms with Gasteiger partial charge in [0.1, 0.15) is 0 Å². The molecule has 0 unspecified atom stereocenters. The first-order valence-corrected chi connectivity index (χ1v) is 8.99. The topological polar surface area (TPSA) is 79.0 Å². The number of nitrogens with one attached hydrogen (secondary N) is 1. The summed E-state index contributed by atoms with van der Waals surface area (Å²) in [5.74, 6) is 0.0570. The maximum atomic E-state index is 12.8. The number of hydrogen-bond acceptors (Lipinski definition) is 5. The van der Waals surface area contributed by atoms with Crippen molar-refractivity contribution in [1.82, 2.24) is 13.9 Å². The van der Waals surface area contributed by atoms with Gasteiger partial charge in [0, 0.05) is 32.2 Å². The molecule has 2 atom stereocenters. The quantitative estimate of drug-likeness (QED) is 0.704. The normalized spacial score (nSPS) is 32.2. The predicted octanol–water partition coefficient (Wildman–Crippen LogP) is -0.590. The van der Waals surface area contributed by atoms with Crippen molar-refractivity contribution in [3.05, 3.63) is 0 Å². The number of carbonyl (C=O) groups is 1. The molecule has 3 aliphatic heterocycles. The monoisotopic (exact) mass is 317 g/mol. The van der Waals surface area contributed by atoms with E-state index >= 15 is 0 Å². The number of ether oxygens (including phenoxy) is 1. The van der Waals surface area contributed by atoms with Gasteiger partial charge in [-0.1, -0.05) is 0 Å². The molecule has 3 fully saturated rings. The standard InChI is InChI=1S/C13H23N3O4S/c1-20-13(17)10-2-5-15(6-3-10)21(18,19)16-7-4-11-8-14-9-12(11)16/h10-12,14H,2-9H2,1H3/t11-,12+/m0/s1. The van der Waals surface area contributed by atoms with Crippen LogP contribution in [0.4, 0.5) is 0 Å². The average molecular weight is 317 g/mol. The summed E-state index contributed by atoms with van der Waals surface area (Å²) in [6.45, 7) is 3.10. The molecular formula is C13H23N3O4S. The van der Waals surface area contributed by atoms with Crippen molar-refractivity contribution in [1.29, 1.82) is 0 Å². The molecule has 21 heavy (non-hydrogen) atoms. The molecule has 3 rings (SSSR count). The third-order valence-corrected chi connectivity index (χ3v) is 7.07. The van der Waals surface area contributed by atoms with Gasteiger partial charge in [0.2, 0.25) is 0 Å². The van der Waals surface area contributed by atoms with Crippen LogP contribution in [0.3, 0.4) is 0 Å². The van der Waals surface area contributed by atoms with Crippen LogP contribution in [0.25, 0.3) is 0 Å². The lowest BCUT2D eigenvalue weighted by Gasteiger charge is -2.34. The third kappa shape index (κ3) is 2.69. The summed E-state index contributed by atoms with van der Waals surface area (Å²) in [7, 11) is -2.02. The van der Waals surface area contributed by atoms with Gasteiger partial charge in [-0.15, -0.1) is 0 Å². The molecule has 0 aromatic carbocycles. The van der Waals surface area contributed by atoms with Crippen LogP contribution in [0, 0.1) is 11.8 Å². The van der Waals surface area contributed by atoms with Gasteiger partial charge < -0.3 is 10.1 Å². The van der Waals surface area contributed by atoms with Gasteiger partial charge in [-0.25, -0.2) is 0 Å². The van der Waals surface area contributed by atoms with Crippen molar-refractivity contribution in [2.75, 3.05) is 39.8 Å². The van der Waals surface area contributed by atoms with Crippen molar-refractivity contribution >= 4 is 16.2 Å². The Morgan fingerprint density at radius 1 is 1.14 bits per heavy atom. The Hall–Kier alpha value is -0.700. The van der Waals surface area contributed by atoms with Crippen LogP contribution in [0.5, 0.6) is 0 Å². The van der Waals surface area contributed by atoms with E-state index in [1.165, 1.54) is 11.4 Å². The molecule has 0 radical (unpaired) electrons. The molecule has 120 valence electrons. The first-order chi connectivity index (χ1) is 10.0. The predicted molar refractivity (Wildman–Crippen MR) is 76.7 cm³/mol. The Morgan fingerprint density at radius 3 is 2.52 bits per heavy atom. The highest BCUT2D eigenvalue weighted by molar-refractivity contribution is 7.86. The molecule has 3 saturated heterocycles. The van der Waals surface area contributed by atoms with Crippen molar-refractivity contribution in [3.8, 4) is 0 Å². The summed E-state index contributed by atoms with van der Waals surface area (Å²) in [6, 6.07) is 0.105. The van der Waals surface area contributed by atoms with Crippen LogP contribution in [0.15, 0.2) is 0 Å². The lowest BCUT2D eigenvalue weighted by molar-refractivity contribution is -0.146. The van der Waals surface area contributed by atoms with Gasteiger partial charge in [0.05, 0.1) is 13.0 Å². The molecule has 0 spiro atoms. The van der Waals surface area contributed by atoms with Gasteiger partial charge in [-0.2, -0.15) is 17.0 Å². The third-order valence-electron chi connectivity index (χ3n) is 5.01. The number of piperidine rings is 1. The lowest BCUT2D eigenvalue weighted by atomic mass is 9.99. The Morgan fingerprint density at radius 2 is 1.86 bits per heavy atom. The minimum atomic E-state index is -3.40. The molecule has 0 aromatic heterocycles. The van der Waals surface area contributed by atoms with E-state index in [2.05, 4.69) is 5.32 Å². The molecule has 0 amide bonds. The summed E-state index contributed by atoms with van der Waals surface area (Å²) < 4.78 is 33.5. The first kappa shape index (κ1) is 15.2. The van der Waals surface area contributed by atoms with Gasteiger partial charge >= 0.3 is 5.97 Å². The minimum Gasteiger partial charge on any atom is -0.469 e. The van der Waals surface area contributed by atoms with E-state index < -0.39 is 10.2 Å². The zero-order valence-corrected chi connectivity index (χ0v) is 13.1. The fourth-order valence-electron chi connectivity index (χ4n) is 3.73. The van der Waals surface area contributed by atoms with Crippen molar-refractivity contribution < 1.29 is 17.9 Å². The Labute approximate surface area is 125 Å². The average Bonchev–Trinajstić information content (AvgIpc) is 3.09. The van der Waals surface area contributed by atoms with E-state index in [1.807, 2.05) is 0 Å². The maximum absolute atomic E-state index is 12.8. The summed E-state index contributed by atoms with van der Waals surface area (Å²) in [6.07, 6.45) is 2.04. The number of esters is 1. The van der Waals surface area contributed by atoms with Crippen LogP contribution in [0.2, 0.25) is 0 Å². The van der Waals surface area contributed by atoms with Gasteiger partial charge in [-0.05, 0) is 31.7 Å². The summed E-state index contributed by atoms with van der Waals surface area (Å²) in [4.78, 5) is 11.5. The smallest absolute Gasteiger partial charge is 0.308 e. The largest absolute Gasteiger partial charge is 0.469 e. The van der Waals surface area contributed by atoms with E-state index in [9.17, 15) is 13.2 Å². The molecule has 0 aromatic rings. The second-order valence-corrected chi connectivity index (χ2v) is 7.97. The molecule has 3 aliphatic rings. The van der Waals surface area contributed by atoms with Gasteiger partial charge in [-0.3, -0.25) is 4.79 Å². The van der Waals surface area contributed by atoms with E-state index in [0.717, 1.165) is 19.5 Å². The molecular weight excluding hydrogens is 294 g/mol. The van der Waals surface area contributed by atoms with Crippen LogP contribution in [-0.2, 0) is 19.7 Å². The highest BCUT2D eigenvalue weighted by atomic mass is 32.2. The second-order valence-electron chi connectivity index (χ2n) is 6.09. The number of rotatable bonds is 3. The van der Waals surface area contributed by atoms with E-state index in [1.54, 1.807) is 4.31 Å². The number of carbonyl (C=O) groups excluding carboxylic acids is 1. The zero-order valence-electron chi connectivity index (χ0n) is 12.3. The molecule has 0 bridgehead atoms. The highest BCUT2D eigenvalue weighted by Gasteiger charge is 2.46. The molecule has 0 saturated carbocycles. The molecule has 7 nitrogen and oxygen atoms in total. The van der Waals surface area contributed by atoms with Crippen LogP contribution in [-0.4, -0.2) is 68.9 Å². The van der Waals surface area contributed by atoms with Gasteiger partial charge in [0.25, 0.3) is 10.2 Å². The Balaban J connectivity index is 1.65. The van der Waals surface area contributed by atoms with Crippen molar-refractivity contribution in [2.24, 2.45) is 11.8 Å². The van der Waals surface area contributed by atoms with E-state index in [0.29, 0.717) is 38.4 Å². The van der Waals surface area contributed by atoms with Crippen LogP contribution >= 0.6 is 0 Å². The van der Waals surface area contributed by atoms with E-state index in [4.69, 9.17) is 4.74 Å². The first-order valence-electron chi connectivity index (χ1n) is 7.59. The van der Waals surface area contributed by atoms with Crippen molar-refractivity contribution in [3.63, 3.8) is 0 Å². The van der Waals surface area contributed by atoms with Crippen molar-refractivity contribution in [2.45, 2.75) is 25.3 Å². The number of fused-ring (bicyclic) bond motifs is 1. The lowest BCUT2D eigenvalue weighted by Crippen LogP contribution is -2.50. The summed E-state index contributed by atoms with van der Waals surface area (Å²) in [5.41, 5.74) is 0. The molecule has 0 aliphatic carbocycles. The molecule has 8 heteroatoms. The van der Waals surface area contributed by atoms with Crippen LogP contribution < -0.4 is 5.32 Å². The highest BCUT2D eigenvalue weighted by Crippen LogP contribution is 2.32. The maximum Gasteiger partial charge on any atom is 0.308 e. The minimum absolute atomic E-state index is 0.105. The number of hydrogen-bond donors (Lipinski definition) is 1. The van der Waals surface area contributed by atoms with Crippen LogP contribution in [0.1, 0.15) is 19.3 Å².